The van der Waals surface area contributed by atoms with Gasteiger partial charge in [-0.1, -0.05) is 0 Å². The van der Waals surface area contributed by atoms with Crippen molar-refractivity contribution in [3.8, 4) is 0 Å². The minimum Gasteiger partial charge on any atom is -0.367 e. The molecule has 2 aliphatic heterocycles. The van der Waals surface area contributed by atoms with Crippen molar-refractivity contribution in [2.24, 2.45) is 5.92 Å². The molecule has 5 nitrogen and oxygen atoms in total. The van der Waals surface area contributed by atoms with E-state index in [4.69, 9.17) is 0 Å². The molecule has 1 aromatic heterocycles. The van der Waals surface area contributed by atoms with Gasteiger partial charge in [-0.05, 0) is 59.8 Å². The van der Waals surface area contributed by atoms with Crippen molar-refractivity contribution in [1.82, 2.24) is 0 Å². The van der Waals surface area contributed by atoms with Crippen LogP contribution in [0.1, 0.15) is 16.9 Å². The first kappa shape index (κ1) is 20.6. The molecule has 32 heavy (non-hydrogen) atoms. The summed E-state index contributed by atoms with van der Waals surface area (Å²) < 4.78 is 27.0. The Labute approximate surface area is 188 Å². The lowest BCUT2D eigenvalue weighted by atomic mass is 10.1. The predicted molar refractivity (Wildman–Crippen MR) is 121 cm³/mol. The number of nitrogens with one attached hydrogen (secondary N) is 1. The van der Waals surface area contributed by atoms with Crippen LogP contribution < -0.4 is 15.1 Å². The van der Waals surface area contributed by atoms with Gasteiger partial charge in [0.2, 0.25) is 11.8 Å². The van der Waals surface area contributed by atoms with Crippen LogP contribution in [0.25, 0.3) is 0 Å². The Balaban J connectivity index is 1.22. The van der Waals surface area contributed by atoms with Gasteiger partial charge in [-0.15, -0.1) is 11.3 Å². The number of amides is 2. The number of carbonyl (C=O) groups excluding carboxylic acids is 2. The molecule has 2 aromatic carbocycles. The zero-order valence-corrected chi connectivity index (χ0v) is 18.0. The number of carbonyl (C=O) groups is 2. The number of fused-ring (bicyclic) bond motifs is 1. The number of hydrogen-bond donors (Lipinski definition) is 1. The average Bonchev–Trinajstić information content (AvgIpc) is 3.39. The maximum Gasteiger partial charge on any atom is 0.229 e. The van der Waals surface area contributed by atoms with Crippen molar-refractivity contribution in [1.29, 1.82) is 0 Å². The Morgan fingerprint density at radius 1 is 1.03 bits per heavy atom. The van der Waals surface area contributed by atoms with Crippen LogP contribution in [0.5, 0.6) is 0 Å². The van der Waals surface area contributed by atoms with Gasteiger partial charge < -0.3 is 15.1 Å². The van der Waals surface area contributed by atoms with Crippen molar-refractivity contribution in [2.75, 3.05) is 28.2 Å². The molecule has 1 saturated heterocycles. The standard InChI is InChI=1S/C24H21F2N3O2S/c25-17-10-18(26)12-21(11-17)29-14-16(9-23(29)30)24(31)27-19-1-3-20(4-2-19)28-7-5-22-15(13-28)6-8-32-22/h1-4,6,8,10-12,16H,5,7,9,13-14H2,(H,27,31). The molecular weight excluding hydrogens is 432 g/mol. The minimum atomic E-state index is -0.760. The Kier molecular flexibility index (Phi) is 5.38. The molecule has 0 spiro atoms. The quantitative estimate of drug-likeness (QED) is 0.629. The zero-order chi connectivity index (χ0) is 22.2. The van der Waals surface area contributed by atoms with Gasteiger partial charge in [-0.2, -0.15) is 0 Å². The summed E-state index contributed by atoms with van der Waals surface area (Å²) in [4.78, 5) is 30.1. The third-order valence-electron chi connectivity index (χ3n) is 5.96. The fourth-order valence-electron chi connectivity index (χ4n) is 4.30. The highest BCUT2D eigenvalue weighted by Crippen LogP contribution is 2.30. The van der Waals surface area contributed by atoms with Crippen LogP contribution in [0.4, 0.5) is 25.8 Å². The molecule has 164 valence electrons. The lowest BCUT2D eigenvalue weighted by Crippen LogP contribution is -2.29. The van der Waals surface area contributed by atoms with Crippen LogP contribution >= 0.6 is 11.3 Å². The van der Waals surface area contributed by atoms with E-state index in [1.54, 1.807) is 11.3 Å². The van der Waals surface area contributed by atoms with Crippen molar-refractivity contribution < 1.29 is 18.4 Å². The van der Waals surface area contributed by atoms with E-state index in [1.165, 1.54) is 15.3 Å². The summed E-state index contributed by atoms with van der Waals surface area (Å²) in [6.45, 7) is 1.92. The normalized spacial score (nSPS) is 18.1. The fourth-order valence-corrected chi connectivity index (χ4v) is 5.19. The second-order valence-corrected chi connectivity index (χ2v) is 9.11. The lowest BCUT2D eigenvalue weighted by molar-refractivity contribution is -0.122. The first-order valence-electron chi connectivity index (χ1n) is 10.4. The van der Waals surface area contributed by atoms with Crippen LogP contribution in [0, 0.1) is 17.6 Å². The van der Waals surface area contributed by atoms with Crippen LogP contribution in [0.15, 0.2) is 53.9 Å². The first-order chi connectivity index (χ1) is 15.5. The lowest BCUT2D eigenvalue weighted by Gasteiger charge is -2.29. The van der Waals surface area contributed by atoms with Crippen LogP contribution in [-0.2, 0) is 22.6 Å². The third-order valence-corrected chi connectivity index (χ3v) is 6.99. The third kappa shape index (κ3) is 4.10. The molecule has 5 rings (SSSR count). The summed E-state index contributed by atoms with van der Waals surface area (Å²) >= 11 is 1.81. The van der Waals surface area contributed by atoms with E-state index in [0.29, 0.717) is 5.69 Å². The molecule has 1 fully saturated rings. The number of benzene rings is 2. The van der Waals surface area contributed by atoms with Gasteiger partial charge in [0.05, 0.1) is 5.92 Å². The SMILES string of the molecule is O=C(Nc1ccc(N2CCc3sccc3C2)cc1)C1CC(=O)N(c2cc(F)cc(F)c2)C1. The van der Waals surface area contributed by atoms with Crippen LogP contribution in [-0.4, -0.2) is 24.9 Å². The predicted octanol–water partition coefficient (Wildman–Crippen LogP) is 4.58. The second-order valence-electron chi connectivity index (χ2n) is 8.11. The van der Waals surface area contributed by atoms with Crippen molar-refractivity contribution >= 4 is 40.2 Å². The number of nitrogens with zero attached hydrogens (tertiary/aromatic N) is 2. The average molecular weight is 454 g/mol. The molecule has 3 heterocycles. The van der Waals surface area contributed by atoms with E-state index in [9.17, 15) is 18.4 Å². The summed E-state index contributed by atoms with van der Waals surface area (Å²) in [7, 11) is 0. The Morgan fingerprint density at radius 2 is 1.78 bits per heavy atom. The van der Waals surface area contributed by atoms with Gasteiger partial charge in [0.1, 0.15) is 11.6 Å². The Morgan fingerprint density at radius 3 is 2.53 bits per heavy atom. The summed E-state index contributed by atoms with van der Waals surface area (Å²) in [6.07, 6.45) is 1.03. The second kappa shape index (κ2) is 8.35. The largest absolute Gasteiger partial charge is 0.367 e. The van der Waals surface area contributed by atoms with Gasteiger partial charge in [-0.25, -0.2) is 8.78 Å². The number of rotatable bonds is 4. The number of anilines is 3. The van der Waals surface area contributed by atoms with Crippen molar-refractivity contribution in [2.45, 2.75) is 19.4 Å². The Hall–Kier alpha value is -3.26. The Bertz CT molecular complexity index is 1160. The van der Waals surface area contributed by atoms with E-state index in [2.05, 4.69) is 21.7 Å². The molecule has 1 atom stereocenters. The van der Waals surface area contributed by atoms with Crippen molar-refractivity contribution in [3.63, 3.8) is 0 Å². The number of hydrogen-bond acceptors (Lipinski definition) is 4. The zero-order valence-electron chi connectivity index (χ0n) is 17.2. The molecular formula is C24H21F2N3O2S. The number of halogens is 2. The highest BCUT2D eigenvalue weighted by atomic mass is 32.1. The van der Waals surface area contributed by atoms with Gasteiger partial charge >= 0.3 is 0 Å². The molecule has 1 unspecified atom stereocenters. The van der Waals surface area contributed by atoms with Gasteiger partial charge in [-0.3, -0.25) is 9.59 Å². The molecule has 0 aliphatic carbocycles. The molecule has 3 aromatic rings. The van der Waals surface area contributed by atoms with E-state index in [1.807, 2.05) is 24.3 Å². The number of thiophene rings is 1. The first-order valence-corrected chi connectivity index (χ1v) is 11.3. The van der Waals surface area contributed by atoms with Gasteiger partial charge in [0, 0.05) is 54.1 Å². The molecule has 8 heteroatoms. The van der Waals surface area contributed by atoms with Gasteiger partial charge in [0.25, 0.3) is 0 Å². The van der Waals surface area contributed by atoms with E-state index in [-0.39, 0.29) is 30.5 Å². The summed E-state index contributed by atoms with van der Waals surface area (Å²) in [6, 6.07) is 12.8. The molecule has 0 bridgehead atoms. The molecule has 0 radical (unpaired) electrons. The monoisotopic (exact) mass is 453 g/mol. The highest BCUT2D eigenvalue weighted by Gasteiger charge is 2.35. The maximum atomic E-state index is 13.5. The molecule has 1 N–H and O–H groups in total. The topological polar surface area (TPSA) is 52.7 Å². The van der Waals surface area contributed by atoms with E-state index >= 15 is 0 Å². The summed E-state index contributed by atoms with van der Waals surface area (Å²) in [5, 5.41) is 4.99. The van der Waals surface area contributed by atoms with E-state index < -0.39 is 17.6 Å². The maximum absolute atomic E-state index is 13.5. The minimum absolute atomic E-state index is 0.00119. The van der Waals surface area contributed by atoms with Crippen molar-refractivity contribution in [3.05, 3.63) is 76.0 Å². The molecule has 2 aliphatic rings. The van der Waals surface area contributed by atoms with E-state index in [0.717, 1.165) is 43.4 Å². The van der Waals surface area contributed by atoms with Gasteiger partial charge in [0.15, 0.2) is 0 Å². The smallest absolute Gasteiger partial charge is 0.229 e. The summed E-state index contributed by atoms with van der Waals surface area (Å²) in [5.41, 5.74) is 3.24. The van der Waals surface area contributed by atoms with Crippen LogP contribution in [0.2, 0.25) is 0 Å². The molecule has 2 amide bonds. The summed E-state index contributed by atoms with van der Waals surface area (Å²) in [5.74, 6) is -2.73. The highest BCUT2D eigenvalue weighted by molar-refractivity contribution is 7.10. The molecule has 0 saturated carbocycles. The van der Waals surface area contributed by atoms with Crippen LogP contribution in [0.3, 0.4) is 0 Å². The fraction of sp³-hybridized carbons (Fsp3) is 0.250.